The molecule has 2 N–H and O–H groups in total. The van der Waals surface area contributed by atoms with E-state index in [1.807, 2.05) is 6.92 Å². The number of benzene rings is 1. The van der Waals surface area contributed by atoms with Crippen molar-refractivity contribution in [3.05, 3.63) is 24.3 Å². The Morgan fingerprint density at radius 1 is 1.19 bits per heavy atom. The third kappa shape index (κ3) is 3.94. The van der Waals surface area contributed by atoms with Crippen LogP contribution < -0.4 is 10.6 Å². The van der Waals surface area contributed by atoms with Crippen LogP contribution in [0, 0.1) is 5.92 Å². The van der Waals surface area contributed by atoms with Crippen LogP contribution in [0.1, 0.15) is 45.4 Å². The van der Waals surface area contributed by atoms with E-state index in [0.29, 0.717) is 25.2 Å². The van der Waals surface area contributed by atoms with E-state index in [0.717, 1.165) is 37.0 Å². The summed E-state index contributed by atoms with van der Waals surface area (Å²) < 4.78 is 26.9. The van der Waals surface area contributed by atoms with Crippen LogP contribution in [0.5, 0.6) is 0 Å². The van der Waals surface area contributed by atoms with Crippen LogP contribution in [-0.4, -0.2) is 60.6 Å². The first-order valence-corrected chi connectivity index (χ1v) is 12.2. The lowest BCUT2D eigenvalue weighted by Crippen LogP contribution is -2.54. The molecule has 31 heavy (non-hydrogen) atoms. The van der Waals surface area contributed by atoms with E-state index in [1.165, 1.54) is 16.4 Å². The molecular formula is C21H28N4O5S. The summed E-state index contributed by atoms with van der Waals surface area (Å²) in [6.07, 6.45) is 4.97. The molecule has 2 heterocycles. The SMILES string of the molecule is C[C@@H]1CCCC[C@@]12NC(=O)N(CC(=O)Nc1cccc(S(=O)(=O)N3CCCC3)c1)C2=O. The van der Waals surface area contributed by atoms with Crippen molar-refractivity contribution in [2.24, 2.45) is 5.92 Å². The largest absolute Gasteiger partial charge is 0.325 e. The molecule has 0 bridgehead atoms. The highest BCUT2D eigenvalue weighted by Crippen LogP contribution is 2.38. The van der Waals surface area contributed by atoms with Crippen LogP contribution in [-0.2, 0) is 19.6 Å². The predicted octanol–water partition coefficient (Wildman–Crippen LogP) is 1.91. The van der Waals surface area contributed by atoms with Gasteiger partial charge in [0, 0.05) is 18.8 Å². The Morgan fingerprint density at radius 3 is 2.65 bits per heavy atom. The third-order valence-electron chi connectivity index (χ3n) is 6.62. The number of hydrogen-bond donors (Lipinski definition) is 2. The molecule has 1 saturated carbocycles. The number of nitrogens with zero attached hydrogens (tertiary/aromatic N) is 2. The molecule has 1 spiro atoms. The predicted molar refractivity (Wildman–Crippen MR) is 114 cm³/mol. The number of nitrogens with one attached hydrogen (secondary N) is 2. The van der Waals surface area contributed by atoms with Crippen molar-refractivity contribution in [1.29, 1.82) is 0 Å². The minimum absolute atomic E-state index is 0.0123. The Kier molecular flexibility index (Phi) is 5.78. The Bertz CT molecular complexity index is 1000. The van der Waals surface area contributed by atoms with Gasteiger partial charge in [-0.3, -0.25) is 14.5 Å². The fourth-order valence-corrected chi connectivity index (χ4v) is 6.36. The number of carbonyl (C=O) groups excluding carboxylic acids is 3. The van der Waals surface area contributed by atoms with Gasteiger partial charge >= 0.3 is 6.03 Å². The third-order valence-corrected chi connectivity index (χ3v) is 8.52. The molecule has 1 aliphatic carbocycles. The molecule has 2 aliphatic heterocycles. The Morgan fingerprint density at radius 2 is 1.94 bits per heavy atom. The second kappa shape index (κ2) is 8.23. The van der Waals surface area contributed by atoms with Gasteiger partial charge in [-0.05, 0) is 49.8 Å². The van der Waals surface area contributed by atoms with Crippen molar-refractivity contribution < 1.29 is 22.8 Å². The van der Waals surface area contributed by atoms with Crippen LogP contribution in [0.25, 0.3) is 0 Å². The standard InChI is InChI=1S/C21H28N4O5S/c1-15-7-2-3-10-21(15)19(27)25(20(28)23-21)14-18(26)22-16-8-6-9-17(13-16)31(29,30)24-11-4-5-12-24/h6,8-9,13,15H,2-5,7,10-12,14H2,1H3,(H,22,26)(H,23,28)/t15-,21-/m1/s1. The zero-order valence-electron chi connectivity index (χ0n) is 17.6. The first-order chi connectivity index (χ1) is 14.7. The average molecular weight is 449 g/mol. The van der Waals surface area contributed by atoms with Crippen molar-refractivity contribution in [3.8, 4) is 0 Å². The average Bonchev–Trinajstić information content (AvgIpc) is 3.35. The van der Waals surface area contributed by atoms with Gasteiger partial charge < -0.3 is 10.6 Å². The molecule has 168 valence electrons. The van der Waals surface area contributed by atoms with Crippen molar-refractivity contribution in [1.82, 2.24) is 14.5 Å². The first-order valence-electron chi connectivity index (χ1n) is 10.8. The number of carbonyl (C=O) groups is 3. The quantitative estimate of drug-likeness (QED) is 0.668. The van der Waals surface area contributed by atoms with E-state index in [9.17, 15) is 22.8 Å². The summed E-state index contributed by atoms with van der Waals surface area (Å²) in [5.74, 6) is -0.900. The molecule has 0 radical (unpaired) electrons. The van der Waals surface area contributed by atoms with E-state index in [1.54, 1.807) is 12.1 Å². The van der Waals surface area contributed by atoms with Gasteiger partial charge in [-0.2, -0.15) is 4.31 Å². The lowest BCUT2D eigenvalue weighted by atomic mass is 9.73. The van der Waals surface area contributed by atoms with E-state index in [4.69, 9.17) is 0 Å². The minimum Gasteiger partial charge on any atom is -0.324 e. The highest BCUT2D eigenvalue weighted by molar-refractivity contribution is 7.89. The van der Waals surface area contributed by atoms with Crippen molar-refractivity contribution >= 4 is 33.6 Å². The zero-order chi connectivity index (χ0) is 22.2. The van der Waals surface area contributed by atoms with E-state index < -0.39 is 34.0 Å². The van der Waals surface area contributed by atoms with Gasteiger partial charge in [-0.1, -0.05) is 25.8 Å². The smallest absolute Gasteiger partial charge is 0.324 e. The van der Waals surface area contributed by atoms with Crippen LogP contribution in [0.4, 0.5) is 10.5 Å². The van der Waals surface area contributed by atoms with Crippen LogP contribution in [0.15, 0.2) is 29.2 Å². The summed E-state index contributed by atoms with van der Waals surface area (Å²) >= 11 is 0. The van der Waals surface area contributed by atoms with Gasteiger partial charge in [0.1, 0.15) is 12.1 Å². The second-order valence-electron chi connectivity index (χ2n) is 8.63. The fourth-order valence-electron chi connectivity index (χ4n) is 4.79. The molecule has 3 aliphatic rings. The summed E-state index contributed by atoms with van der Waals surface area (Å²) in [4.78, 5) is 39.1. The maximum absolute atomic E-state index is 13.0. The van der Waals surface area contributed by atoms with Gasteiger partial charge in [-0.25, -0.2) is 13.2 Å². The number of urea groups is 1. The molecular weight excluding hydrogens is 420 g/mol. The maximum Gasteiger partial charge on any atom is 0.325 e. The van der Waals surface area contributed by atoms with Gasteiger partial charge in [0.25, 0.3) is 5.91 Å². The lowest BCUT2D eigenvalue weighted by Gasteiger charge is -2.36. The fraction of sp³-hybridized carbons (Fsp3) is 0.571. The highest BCUT2D eigenvalue weighted by Gasteiger charge is 2.55. The monoisotopic (exact) mass is 448 g/mol. The van der Waals surface area contributed by atoms with Gasteiger partial charge in [0.2, 0.25) is 15.9 Å². The number of amides is 4. The number of imide groups is 1. The molecule has 1 aromatic rings. The summed E-state index contributed by atoms with van der Waals surface area (Å²) in [5, 5.41) is 5.44. The summed E-state index contributed by atoms with van der Waals surface area (Å²) in [6.45, 7) is 2.52. The molecule has 4 amide bonds. The van der Waals surface area contributed by atoms with Gasteiger partial charge in [-0.15, -0.1) is 0 Å². The van der Waals surface area contributed by atoms with Gasteiger partial charge in [0.15, 0.2) is 0 Å². The number of sulfonamides is 1. The lowest BCUT2D eigenvalue weighted by molar-refractivity contribution is -0.136. The molecule has 10 heteroatoms. The molecule has 1 aromatic carbocycles. The molecule has 3 fully saturated rings. The summed E-state index contributed by atoms with van der Waals surface area (Å²) in [5.41, 5.74) is -0.614. The van der Waals surface area contributed by atoms with Crippen LogP contribution in [0.2, 0.25) is 0 Å². The van der Waals surface area contributed by atoms with E-state index >= 15 is 0 Å². The van der Waals surface area contributed by atoms with Crippen molar-refractivity contribution in [3.63, 3.8) is 0 Å². The summed E-state index contributed by atoms with van der Waals surface area (Å²) in [7, 11) is -3.61. The zero-order valence-corrected chi connectivity index (χ0v) is 18.4. The molecule has 2 atom stereocenters. The van der Waals surface area contributed by atoms with Crippen molar-refractivity contribution in [2.75, 3.05) is 25.0 Å². The summed E-state index contributed by atoms with van der Waals surface area (Å²) in [6, 6.07) is 5.48. The molecule has 4 rings (SSSR count). The highest BCUT2D eigenvalue weighted by atomic mass is 32.2. The molecule has 0 unspecified atom stereocenters. The van der Waals surface area contributed by atoms with Crippen LogP contribution in [0.3, 0.4) is 0 Å². The Labute approximate surface area is 182 Å². The number of rotatable bonds is 5. The number of anilines is 1. The minimum atomic E-state index is -3.61. The first kappa shape index (κ1) is 21.8. The number of hydrogen-bond acceptors (Lipinski definition) is 5. The van der Waals surface area contributed by atoms with Gasteiger partial charge in [0.05, 0.1) is 4.90 Å². The normalized spacial score (nSPS) is 27.0. The molecule has 9 nitrogen and oxygen atoms in total. The Hall–Kier alpha value is -2.46. The van der Waals surface area contributed by atoms with Crippen molar-refractivity contribution in [2.45, 2.75) is 55.9 Å². The molecule has 0 aromatic heterocycles. The maximum atomic E-state index is 13.0. The van der Waals surface area contributed by atoms with E-state index in [-0.39, 0.29) is 16.7 Å². The second-order valence-corrected chi connectivity index (χ2v) is 10.6. The van der Waals surface area contributed by atoms with E-state index in [2.05, 4.69) is 10.6 Å². The van der Waals surface area contributed by atoms with Crippen LogP contribution >= 0.6 is 0 Å². The topological polar surface area (TPSA) is 116 Å². The Balaban J connectivity index is 1.45. The molecule has 2 saturated heterocycles.